The lowest BCUT2D eigenvalue weighted by Crippen LogP contribution is -2.35. The maximum atomic E-state index is 12.6. The Balaban J connectivity index is 0.000000596. The van der Waals surface area contributed by atoms with Crippen LogP contribution in [0.5, 0.6) is 0 Å². The maximum absolute atomic E-state index is 12.6. The molecule has 7 nitrogen and oxygen atoms in total. The number of hydrogen-bond donors (Lipinski definition) is 3. The molecule has 3 rings (SSSR count). The summed E-state index contributed by atoms with van der Waals surface area (Å²) < 4.78 is 0. The van der Waals surface area contributed by atoms with Crippen molar-refractivity contribution < 1.29 is 14.4 Å². The van der Waals surface area contributed by atoms with Crippen LogP contribution in [-0.4, -0.2) is 55.7 Å². The minimum absolute atomic E-state index is 0.0897. The first-order valence-electron chi connectivity index (χ1n) is 9.57. The van der Waals surface area contributed by atoms with Crippen LogP contribution in [0.25, 0.3) is 0 Å². The number of hydrogen-bond acceptors (Lipinski definition) is 5. The summed E-state index contributed by atoms with van der Waals surface area (Å²) in [5.74, 6) is 0.0901. The minimum atomic E-state index is 0.0897. The summed E-state index contributed by atoms with van der Waals surface area (Å²) in [4.78, 5) is 34.2. The molecule has 3 N–H and O–H groups in total. The van der Waals surface area contributed by atoms with Gasteiger partial charge < -0.3 is 25.6 Å². The number of carbonyl (C=O) groups is 3. The Morgan fingerprint density at radius 2 is 2.00 bits per heavy atom. The van der Waals surface area contributed by atoms with Crippen molar-refractivity contribution in [2.45, 2.75) is 51.2 Å². The van der Waals surface area contributed by atoms with Crippen LogP contribution in [0.4, 0.5) is 5.69 Å². The van der Waals surface area contributed by atoms with Gasteiger partial charge in [-0.1, -0.05) is 6.07 Å². The molecule has 0 aromatic heterocycles. The highest BCUT2D eigenvalue weighted by molar-refractivity contribution is 6.00. The quantitative estimate of drug-likeness (QED) is 0.630. The van der Waals surface area contributed by atoms with Gasteiger partial charge >= 0.3 is 0 Å². The number of rotatable bonds is 7. The lowest BCUT2D eigenvalue weighted by molar-refractivity contribution is -0.109. The lowest BCUT2D eigenvalue weighted by Gasteiger charge is -2.26. The summed E-state index contributed by atoms with van der Waals surface area (Å²) in [5.41, 5.74) is 3.00. The second-order valence-corrected chi connectivity index (χ2v) is 6.93. The Morgan fingerprint density at radius 3 is 2.63 bits per heavy atom. The van der Waals surface area contributed by atoms with Gasteiger partial charge in [-0.2, -0.15) is 0 Å². The van der Waals surface area contributed by atoms with E-state index in [1.165, 1.54) is 0 Å². The molecule has 0 spiro atoms. The van der Waals surface area contributed by atoms with Gasteiger partial charge in [0.25, 0.3) is 5.91 Å². The lowest BCUT2D eigenvalue weighted by atomic mass is 10.0. The molecule has 1 atom stereocenters. The zero-order valence-corrected chi connectivity index (χ0v) is 16.2. The molecule has 1 saturated heterocycles. The number of benzene rings is 1. The molecule has 0 bridgehead atoms. The molecule has 2 heterocycles. The Hall–Kier alpha value is -2.41. The number of carbonyl (C=O) groups excluding carboxylic acids is 3. The smallest absolute Gasteiger partial charge is 0.254 e. The van der Waals surface area contributed by atoms with Crippen molar-refractivity contribution >= 4 is 24.3 Å². The van der Waals surface area contributed by atoms with Crippen LogP contribution in [-0.2, 0) is 16.1 Å². The van der Waals surface area contributed by atoms with Crippen LogP contribution >= 0.6 is 0 Å². The van der Waals surface area contributed by atoms with E-state index in [1.54, 1.807) is 7.05 Å². The second kappa shape index (κ2) is 10.7. The minimum Gasteiger partial charge on any atom is -0.382 e. The highest BCUT2D eigenvalue weighted by Gasteiger charge is 2.32. The molecule has 1 unspecified atom stereocenters. The van der Waals surface area contributed by atoms with E-state index in [9.17, 15) is 9.59 Å². The van der Waals surface area contributed by atoms with Crippen LogP contribution in [0, 0.1) is 0 Å². The number of anilines is 1. The van der Waals surface area contributed by atoms with Gasteiger partial charge in [0, 0.05) is 48.9 Å². The molecular formula is C20H30N4O3. The highest BCUT2D eigenvalue weighted by Crippen LogP contribution is 2.32. The van der Waals surface area contributed by atoms with Crippen LogP contribution < -0.4 is 16.0 Å². The molecule has 2 aliphatic rings. The van der Waals surface area contributed by atoms with Crippen LogP contribution in [0.3, 0.4) is 0 Å². The van der Waals surface area contributed by atoms with Crippen molar-refractivity contribution in [2.24, 2.45) is 0 Å². The summed E-state index contributed by atoms with van der Waals surface area (Å²) in [6.07, 6.45) is 4.99. The summed E-state index contributed by atoms with van der Waals surface area (Å²) >= 11 is 0. The van der Waals surface area contributed by atoms with E-state index >= 15 is 0 Å². The molecule has 7 heteroatoms. The van der Waals surface area contributed by atoms with Gasteiger partial charge in [0.1, 0.15) is 6.29 Å². The number of fused-ring (bicyclic) bond motifs is 1. The first-order valence-corrected chi connectivity index (χ1v) is 9.57. The molecule has 2 aliphatic heterocycles. The van der Waals surface area contributed by atoms with E-state index in [4.69, 9.17) is 4.79 Å². The van der Waals surface area contributed by atoms with E-state index < -0.39 is 0 Å². The first-order chi connectivity index (χ1) is 13.1. The Bertz CT molecular complexity index is 644. The number of nitrogens with zero attached hydrogens (tertiary/aromatic N) is 1. The third kappa shape index (κ3) is 5.53. The van der Waals surface area contributed by atoms with Crippen LogP contribution in [0.2, 0.25) is 0 Å². The van der Waals surface area contributed by atoms with E-state index in [1.807, 2.05) is 24.0 Å². The predicted octanol–water partition coefficient (Wildman–Crippen LogP) is 1.54. The number of piperidine rings is 1. The topological polar surface area (TPSA) is 90.5 Å². The van der Waals surface area contributed by atoms with E-state index in [0.717, 1.165) is 55.5 Å². The molecular weight excluding hydrogens is 344 g/mol. The zero-order chi connectivity index (χ0) is 19.6. The molecule has 0 aliphatic carbocycles. The maximum Gasteiger partial charge on any atom is 0.254 e. The summed E-state index contributed by atoms with van der Waals surface area (Å²) in [7, 11) is 1.56. The Labute approximate surface area is 160 Å². The molecule has 27 heavy (non-hydrogen) atoms. The largest absolute Gasteiger partial charge is 0.382 e. The molecule has 0 radical (unpaired) electrons. The fourth-order valence-corrected chi connectivity index (χ4v) is 3.50. The van der Waals surface area contributed by atoms with E-state index in [-0.39, 0.29) is 11.9 Å². The average molecular weight is 374 g/mol. The Morgan fingerprint density at radius 1 is 1.30 bits per heavy atom. The summed E-state index contributed by atoms with van der Waals surface area (Å²) in [6, 6.07) is 6.51. The third-order valence-electron chi connectivity index (χ3n) is 5.05. The van der Waals surface area contributed by atoms with Gasteiger partial charge in [0.15, 0.2) is 0 Å². The number of nitrogens with one attached hydrogen (secondary N) is 3. The van der Waals surface area contributed by atoms with Gasteiger partial charge in [0.2, 0.25) is 6.41 Å². The van der Waals surface area contributed by atoms with E-state index in [2.05, 4.69) is 22.0 Å². The summed E-state index contributed by atoms with van der Waals surface area (Å²) in [6.45, 7) is 4.75. The SMILES string of the molecule is CC(CCC=O)N1Cc2c(NC3CCNCC3)cccc2C1=O.CNC=O. The van der Waals surface area contributed by atoms with Gasteiger partial charge in [-0.05, 0) is 51.4 Å². The van der Waals surface area contributed by atoms with E-state index in [0.29, 0.717) is 25.4 Å². The second-order valence-electron chi connectivity index (χ2n) is 6.93. The van der Waals surface area contributed by atoms with Crippen molar-refractivity contribution in [3.63, 3.8) is 0 Å². The monoisotopic (exact) mass is 374 g/mol. The van der Waals surface area contributed by atoms with Crippen LogP contribution in [0.1, 0.15) is 48.5 Å². The fraction of sp³-hybridized carbons (Fsp3) is 0.550. The van der Waals surface area contributed by atoms with Crippen molar-refractivity contribution in [1.82, 2.24) is 15.5 Å². The van der Waals surface area contributed by atoms with Gasteiger partial charge in [-0.3, -0.25) is 9.59 Å². The summed E-state index contributed by atoms with van der Waals surface area (Å²) in [5, 5.41) is 9.25. The zero-order valence-electron chi connectivity index (χ0n) is 16.2. The predicted molar refractivity (Wildman–Crippen MR) is 106 cm³/mol. The first kappa shape index (κ1) is 20.9. The molecule has 1 aromatic rings. The fourth-order valence-electron chi connectivity index (χ4n) is 3.50. The van der Waals surface area contributed by atoms with Crippen molar-refractivity contribution in [3.05, 3.63) is 29.3 Å². The van der Waals surface area contributed by atoms with Crippen molar-refractivity contribution in [3.8, 4) is 0 Å². The van der Waals surface area contributed by atoms with Gasteiger partial charge in [0.05, 0.1) is 0 Å². The van der Waals surface area contributed by atoms with Gasteiger partial charge in [-0.15, -0.1) is 0 Å². The molecule has 2 amide bonds. The molecule has 148 valence electrons. The number of amides is 2. The molecule has 1 fully saturated rings. The van der Waals surface area contributed by atoms with Crippen molar-refractivity contribution in [1.29, 1.82) is 0 Å². The highest BCUT2D eigenvalue weighted by atomic mass is 16.2. The van der Waals surface area contributed by atoms with Crippen LogP contribution in [0.15, 0.2) is 18.2 Å². The van der Waals surface area contributed by atoms with Gasteiger partial charge in [-0.25, -0.2) is 0 Å². The number of aldehydes is 1. The standard InChI is InChI=1S/C18H25N3O2.C2H5NO/c1-13(4-3-11-22)21-12-16-15(18(21)23)5-2-6-17(16)20-14-7-9-19-10-8-14;1-3-2-4/h2,5-6,11,13-14,19-20H,3-4,7-10,12H2,1H3;2H,1H3,(H,3,4). The normalized spacial score (nSPS) is 17.4. The average Bonchev–Trinajstić information content (AvgIpc) is 3.05. The van der Waals surface area contributed by atoms with Crippen molar-refractivity contribution in [2.75, 3.05) is 25.5 Å². The molecule has 0 saturated carbocycles. The molecule has 1 aromatic carbocycles. The third-order valence-corrected chi connectivity index (χ3v) is 5.05. The Kier molecular flexibility index (Phi) is 8.26.